The van der Waals surface area contributed by atoms with Gasteiger partial charge in [0.2, 0.25) is 0 Å². The topological polar surface area (TPSA) is 85.7 Å². The van der Waals surface area contributed by atoms with E-state index in [9.17, 15) is 4.79 Å². The fourth-order valence-corrected chi connectivity index (χ4v) is 5.96. The van der Waals surface area contributed by atoms with Gasteiger partial charge in [-0.3, -0.25) is 23.5 Å². The van der Waals surface area contributed by atoms with Crippen molar-refractivity contribution < 1.29 is 9.53 Å². The second-order valence-corrected chi connectivity index (χ2v) is 11.7. The zero-order valence-electron chi connectivity index (χ0n) is 25.2. The van der Waals surface area contributed by atoms with E-state index in [1.807, 2.05) is 51.2 Å². The van der Waals surface area contributed by atoms with Gasteiger partial charge >= 0.3 is 0 Å². The van der Waals surface area contributed by atoms with Gasteiger partial charge in [0.1, 0.15) is 23.7 Å². The third-order valence-electron chi connectivity index (χ3n) is 8.21. The molecule has 0 atom stereocenters. The lowest BCUT2D eigenvalue weighted by Crippen LogP contribution is -2.45. The van der Waals surface area contributed by atoms with Crippen LogP contribution in [0.25, 0.3) is 16.6 Å². The Kier molecular flexibility index (Phi) is 7.83. The van der Waals surface area contributed by atoms with Crippen molar-refractivity contribution in [1.29, 1.82) is 0 Å². The zero-order valence-corrected chi connectivity index (χ0v) is 25.2. The Hall–Kier alpha value is -4.02. The van der Waals surface area contributed by atoms with Gasteiger partial charge in [-0.05, 0) is 58.5 Å². The van der Waals surface area contributed by atoms with Gasteiger partial charge in [-0.25, -0.2) is 4.98 Å². The molecule has 1 fully saturated rings. The third-order valence-corrected chi connectivity index (χ3v) is 8.21. The Morgan fingerprint density at radius 2 is 1.86 bits per heavy atom. The molecule has 1 saturated heterocycles. The molecule has 1 aliphatic heterocycles. The lowest BCUT2D eigenvalue weighted by atomic mass is 10.0. The molecule has 6 rings (SSSR count). The number of hydrogen-bond donors (Lipinski definition) is 0. The van der Waals surface area contributed by atoms with Crippen LogP contribution in [0.2, 0.25) is 0 Å². The number of aryl methyl sites for hydroxylation is 2. The molecule has 0 spiro atoms. The number of ketones is 1. The molecule has 1 aliphatic rings. The van der Waals surface area contributed by atoms with E-state index in [0.717, 1.165) is 72.0 Å². The summed E-state index contributed by atoms with van der Waals surface area (Å²) in [5.41, 5.74) is 6.25. The number of nitrogens with zero attached hydrogens (tertiary/aromatic N) is 8. The van der Waals surface area contributed by atoms with Crippen LogP contribution in [0.1, 0.15) is 53.0 Å². The predicted octanol–water partition coefficient (Wildman–Crippen LogP) is 4.18. The number of imidazole rings is 1. The SMILES string of the molecule is Cc1nn(Cc2cc(C)n(C(C)C)n2)c2cccc(CC(=O)c3cnc4cc(OCCN5CCN(C)CC5)ccn34)c12. The monoisotopic (exact) mass is 568 g/mol. The molecule has 5 aromatic rings. The van der Waals surface area contributed by atoms with Crippen LogP contribution in [0.3, 0.4) is 0 Å². The molecule has 0 radical (unpaired) electrons. The standard InChI is InChI=1S/C32H40N8O2/c1-22(2)40-23(3)17-26(35-40)21-39-28-8-6-7-25(32(28)24(4)34-39)18-30(41)29-20-33-31-19-27(9-10-38(29)31)42-16-15-37-13-11-36(5)12-14-37/h6-10,17,19-20,22H,11-16,18,21H2,1-5H3. The summed E-state index contributed by atoms with van der Waals surface area (Å²) in [6, 6.07) is 12.3. The molecule has 0 amide bonds. The van der Waals surface area contributed by atoms with Crippen molar-refractivity contribution in [2.45, 2.75) is 46.7 Å². The molecular formula is C32H40N8O2. The number of hydrogen-bond acceptors (Lipinski definition) is 7. The number of piperazine rings is 1. The van der Waals surface area contributed by atoms with Crippen LogP contribution in [0.4, 0.5) is 0 Å². The summed E-state index contributed by atoms with van der Waals surface area (Å²) in [7, 11) is 2.16. The number of aromatic nitrogens is 6. The zero-order chi connectivity index (χ0) is 29.4. The van der Waals surface area contributed by atoms with Crippen molar-refractivity contribution in [2.24, 2.45) is 0 Å². The maximum Gasteiger partial charge on any atom is 0.185 e. The summed E-state index contributed by atoms with van der Waals surface area (Å²) in [5, 5.41) is 10.6. The number of Topliss-reactive ketones (excluding diaryl/α,β-unsaturated/α-hetero) is 1. The van der Waals surface area contributed by atoms with Crippen molar-refractivity contribution >= 4 is 22.3 Å². The third kappa shape index (κ3) is 5.69. The smallest absolute Gasteiger partial charge is 0.185 e. The van der Waals surface area contributed by atoms with Gasteiger partial charge in [-0.15, -0.1) is 0 Å². The Morgan fingerprint density at radius 1 is 1.05 bits per heavy atom. The van der Waals surface area contributed by atoms with E-state index >= 15 is 0 Å². The molecule has 10 nitrogen and oxygen atoms in total. The first-order chi connectivity index (χ1) is 20.3. The minimum atomic E-state index is 0.0113. The Bertz CT molecular complexity index is 1720. The second-order valence-electron chi connectivity index (χ2n) is 11.7. The van der Waals surface area contributed by atoms with Gasteiger partial charge < -0.3 is 9.64 Å². The molecule has 42 heavy (non-hydrogen) atoms. The number of rotatable bonds is 10. The summed E-state index contributed by atoms with van der Waals surface area (Å²) in [5.74, 6) is 0.777. The van der Waals surface area contributed by atoms with E-state index < -0.39 is 0 Å². The van der Waals surface area contributed by atoms with E-state index in [2.05, 4.69) is 54.7 Å². The number of pyridine rings is 1. The van der Waals surface area contributed by atoms with Crippen molar-refractivity contribution in [3.05, 3.63) is 77.1 Å². The lowest BCUT2D eigenvalue weighted by molar-refractivity contribution is 0.0987. The largest absolute Gasteiger partial charge is 0.492 e. The van der Waals surface area contributed by atoms with Crippen LogP contribution in [-0.2, 0) is 13.0 Å². The number of carbonyl (C=O) groups is 1. The first-order valence-electron chi connectivity index (χ1n) is 14.8. The molecular weight excluding hydrogens is 528 g/mol. The normalized spacial score (nSPS) is 14.9. The summed E-state index contributed by atoms with van der Waals surface area (Å²) in [6.45, 7) is 14.8. The van der Waals surface area contributed by atoms with Crippen LogP contribution in [-0.4, -0.2) is 90.9 Å². The predicted molar refractivity (Wildman–Crippen MR) is 164 cm³/mol. The minimum Gasteiger partial charge on any atom is -0.492 e. The second kappa shape index (κ2) is 11.7. The molecule has 0 unspecified atom stereocenters. The first-order valence-corrected chi connectivity index (χ1v) is 14.8. The molecule has 10 heteroatoms. The van der Waals surface area contributed by atoms with Crippen LogP contribution in [0, 0.1) is 13.8 Å². The highest BCUT2D eigenvalue weighted by atomic mass is 16.5. The molecule has 0 bridgehead atoms. The molecule has 0 N–H and O–H groups in total. The van der Waals surface area contributed by atoms with Crippen molar-refractivity contribution in [2.75, 3.05) is 46.4 Å². The molecule has 220 valence electrons. The molecule has 5 heterocycles. The van der Waals surface area contributed by atoms with Crippen LogP contribution >= 0.6 is 0 Å². The molecule has 4 aromatic heterocycles. The van der Waals surface area contributed by atoms with E-state index in [-0.39, 0.29) is 12.2 Å². The van der Waals surface area contributed by atoms with Gasteiger partial charge in [0.05, 0.1) is 29.6 Å². The van der Waals surface area contributed by atoms with Crippen LogP contribution in [0.5, 0.6) is 5.75 Å². The number of likely N-dealkylation sites (N-methyl/N-ethyl adjacent to an activating group) is 1. The maximum atomic E-state index is 13.6. The van der Waals surface area contributed by atoms with Gasteiger partial charge in [0, 0.05) is 68.5 Å². The molecule has 0 aliphatic carbocycles. The highest BCUT2D eigenvalue weighted by Gasteiger charge is 2.19. The minimum absolute atomic E-state index is 0.0113. The van der Waals surface area contributed by atoms with Gasteiger partial charge in [-0.2, -0.15) is 10.2 Å². The summed E-state index contributed by atoms with van der Waals surface area (Å²) < 4.78 is 11.9. The molecule has 0 saturated carbocycles. The summed E-state index contributed by atoms with van der Waals surface area (Å²) in [6.07, 6.45) is 3.81. The Labute approximate surface area is 246 Å². The highest BCUT2D eigenvalue weighted by Crippen LogP contribution is 2.26. The lowest BCUT2D eigenvalue weighted by Gasteiger charge is -2.32. The van der Waals surface area contributed by atoms with Crippen molar-refractivity contribution in [3.63, 3.8) is 0 Å². The first kappa shape index (κ1) is 28.1. The number of carbonyl (C=O) groups excluding carboxylic acids is 1. The highest BCUT2D eigenvalue weighted by molar-refractivity contribution is 5.99. The number of fused-ring (bicyclic) bond motifs is 2. The van der Waals surface area contributed by atoms with Gasteiger partial charge in [0.25, 0.3) is 0 Å². The van der Waals surface area contributed by atoms with E-state index in [1.165, 1.54) is 0 Å². The molecule has 1 aromatic carbocycles. The fraction of sp³-hybridized carbons (Fsp3) is 0.438. The van der Waals surface area contributed by atoms with Crippen LogP contribution < -0.4 is 4.74 Å². The van der Waals surface area contributed by atoms with Crippen molar-refractivity contribution in [1.82, 2.24) is 38.7 Å². The van der Waals surface area contributed by atoms with Gasteiger partial charge in [0.15, 0.2) is 5.78 Å². The summed E-state index contributed by atoms with van der Waals surface area (Å²) in [4.78, 5) is 22.9. The fourth-order valence-electron chi connectivity index (χ4n) is 5.96. The average Bonchev–Trinajstić information content (AvgIpc) is 3.65. The van der Waals surface area contributed by atoms with Crippen LogP contribution in [0.15, 0.2) is 48.8 Å². The number of ether oxygens (including phenoxy) is 1. The maximum absolute atomic E-state index is 13.6. The quantitative estimate of drug-likeness (QED) is 0.234. The van der Waals surface area contributed by atoms with E-state index in [0.29, 0.717) is 30.5 Å². The van der Waals surface area contributed by atoms with Gasteiger partial charge in [-0.1, -0.05) is 12.1 Å². The summed E-state index contributed by atoms with van der Waals surface area (Å²) >= 11 is 0. The van der Waals surface area contributed by atoms with E-state index in [4.69, 9.17) is 14.9 Å². The Morgan fingerprint density at radius 3 is 2.62 bits per heavy atom. The van der Waals surface area contributed by atoms with E-state index in [1.54, 1.807) is 6.20 Å². The average molecular weight is 569 g/mol. The number of benzene rings is 1. The van der Waals surface area contributed by atoms with Crippen molar-refractivity contribution in [3.8, 4) is 5.75 Å². The Balaban J connectivity index is 1.16.